The molecule has 2 fully saturated rings. The SMILES string of the molecule is CC(C)CCNC(=O)[C@@H]1CSCN1C(=O)CC[C@H]1CCCO1. The van der Waals surface area contributed by atoms with Gasteiger partial charge in [0.2, 0.25) is 11.8 Å². The van der Waals surface area contributed by atoms with Crippen LogP contribution in [0, 0.1) is 5.92 Å². The summed E-state index contributed by atoms with van der Waals surface area (Å²) in [7, 11) is 0. The number of rotatable bonds is 7. The van der Waals surface area contributed by atoms with Gasteiger partial charge in [-0.25, -0.2) is 0 Å². The Labute approximate surface area is 137 Å². The molecule has 2 atom stereocenters. The third kappa shape index (κ3) is 5.16. The minimum absolute atomic E-state index is 0.00360. The Morgan fingerprint density at radius 2 is 2.23 bits per heavy atom. The van der Waals surface area contributed by atoms with E-state index in [4.69, 9.17) is 4.74 Å². The summed E-state index contributed by atoms with van der Waals surface area (Å²) in [5.41, 5.74) is 0. The van der Waals surface area contributed by atoms with E-state index in [0.717, 1.165) is 32.3 Å². The fourth-order valence-corrected chi connectivity index (χ4v) is 3.99. The molecule has 1 N–H and O–H groups in total. The number of nitrogens with one attached hydrogen (secondary N) is 1. The summed E-state index contributed by atoms with van der Waals surface area (Å²) in [6, 6.07) is -0.297. The van der Waals surface area contributed by atoms with Crippen molar-refractivity contribution in [2.24, 2.45) is 5.92 Å². The largest absolute Gasteiger partial charge is 0.378 e. The summed E-state index contributed by atoms with van der Waals surface area (Å²) >= 11 is 1.66. The molecule has 0 aliphatic carbocycles. The molecule has 2 aliphatic rings. The highest BCUT2D eigenvalue weighted by atomic mass is 32.2. The van der Waals surface area contributed by atoms with E-state index in [1.54, 1.807) is 16.7 Å². The maximum absolute atomic E-state index is 12.4. The van der Waals surface area contributed by atoms with Gasteiger partial charge in [-0.2, -0.15) is 0 Å². The van der Waals surface area contributed by atoms with Crippen LogP contribution in [0.25, 0.3) is 0 Å². The van der Waals surface area contributed by atoms with E-state index in [1.807, 2.05) is 0 Å². The van der Waals surface area contributed by atoms with Gasteiger partial charge >= 0.3 is 0 Å². The molecule has 0 saturated carbocycles. The molecule has 2 saturated heterocycles. The molecule has 0 aromatic rings. The predicted molar refractivity (Wildman–Crippen MR) is 88.6 cm³/mol. The Morgan fingerprint density at radius 1 is 1.41 bits per heavy atom. The van der Waals surface area contributed by atoms with Gasteiger partial charge in [0.15, 0.2) is 0 Å². The highest BCUT2D eigenvalue weighted by molar-refractivity contribution is 7.99. The third-order valence-corrected chi connectivity index (χ3v) is 5.24. The maximum atomic E-state index is 12.4. The summed E-state index contributed by atoms with van der Waals surface area (Å²) in [6.45, 7) is 5.78. The second-order valence-electron chi connectivity index (χ2n) is 6.53. The minimum atomic E-state index is -0.297. The molecule has 0 spiro atoms. The normalized spacial score (nSPS) is 25.0. The first-order valence-electron chi connectivity index (χ1n) is 8.34. The van der Waals surface area contributed by atoms with E-state index in [0.29, 0.717) is 30.5 Å². The number of hydrogen-bond donors (Lipinski definition) is 1. The molecule has 0 radical (unpaired) electrons. The maximum Gasteiger partial charge on any atom is 0.243 e. The molecular weight excluding hydrogens is 300 g/mol. The van der Waals surface area contributed by atoms with Crippen molar-refractivity contribution >= 4 is 23.6 Å². The number of carbonyl (C=O) groups is 2. The van der Waals surface area contributed by atoms with Crippen LogP contribution in [0.5, 0.6) is 0 Å². The first-order chi connectivity index (χ1) is 10.6. The van der Waals surface area contributed by atoms with Crippen LogP contribution in [0.4, 0.5) is 0 Å². The van der Waals surface area contributed by atoms with Gasteiger partial charge < -0.3 is 15.0 Å². The molecule has 2 rings (SSSR count). The fourth-order valence-electron chi connectivity index (χ4n) is 2.81. The molecular formula is C16H28N2O3S. The summed E-state index contributed by atoms with van der Waals surface area (Å²) in [5.74, 6) is 1.99. The van der Waals surface area contributed by atoms with Gasteiger partial charge in [-0.3, -0.25) is 9.59 Å². The zero-order chi connectivity index (χ0) is 15.9. The van der Waals surface area contributed by atoms with E-state index < -0.39 is 0 Å². The van der Waals surface area contributed by atoms with Crippen molar-refractivity contribution in [1.82, 2.24) is 10.2 Å². The van der Waals surface area contributed by atoms with Gasteiger partial charge in [0, 0.05) is 25.3 Å². The minimum Gasteiger partial charge on any atom is -0.378 e. The lowest BCUT2D eigenvalue weighted by atomic mass is 10.1. The summed E-state index contributed by atoms with van der Waals surface area (Å²) in [6.07, 6.45) is 4.62. The average molecular weight is 328 g/mol. The zero-order valence-corrected chi connectivity index (χ0v) is 14.5. The Bertz CT molecular complexity index is 384. The third-order valence-electron chi connectivity index (χ3n) is 4.23. The van der Waals surface area contributed by atoms with Gasteiger partial charge in [0.05, 0.1) is 12.0 Å². The van der Waals surface area contributed by atoms with Crippen molar-refractivity contribution < 1.29 is 14.3 Å². The molecule has 0 aromatic carbocycles. The van der Waals surface area contributed by atoms with Crippen LogP contribution in [0.1, 0.15) is 46.0 Å². The van der Waals surface area contributed by atoms with Crippen molar-refractivity contribution in [1.29, 1.82) is 0 Å². The first kappa shape index (κ1) is 17.6. The average Bonchev–Trinajstić information content (AvgIpc) is 3.15. The number of carbonyl (C=O) groups excluding carboxylic acids is 2. The lowest BCUT2D eigenvalue weighted by Crippen LogP contribution is -2.47. The molecule has 0 unspecified atom stereocenters. The number of hydrogen-bond acceptors (Lipinski definition) is 4. The second-order valence-corrected chi connectivity index (χ2v) is 7.53. The van der Waals surface area contributed by atoms with Gasteiger partial charge in [0.25, 0.3) is 0 Å². The Kier molecular flexibility index (Phi) is 7.02. The van der Waals surface area contributed by atoms with Crippen molar-refractivity contribution in [3.05, 3.63) is 0 Å². The summed E-state index contributed by atoms with van der Waals surface area (Å²) in [4.78, 5) is 26.4. The number of nitrogens with zero attached hydrogens (tertiary/aromatic N) is 1. The molecule has 126 valence electrons. The van der Waals surface area contributed by atoms with Gasteiger partial charge in [0.1, 0.15) is 6.04 Å². The second kappa shape index (κ2) is 8.77. The lowest BCUT2D eigenvalue weighted by Gasteiger charge is -2.23. The molecule has 22 heavy (non-hydrogen) atoms. The van der Waals surface area contributed by atoms with Crippen LogP contribution >= 0.6 is 11.8 Å². The Balaban J connectivity index is 1.75. The number of thioether (sulfide) groups is 1. The van der Waals surface area contributed by atoms with E-state index in [2.05, 4.69) is 19.2 Å². The highest BCUT2D eigenvalue weighted by Crippen LogP contribution is 2.24. The molecule has 2 aliphatic heterocycles. The van der Waals surface area contributed by atoms with Crippen LogP contribution in [0.2, 0.25) is 0 Å². The predicted octanol–water partition coefficient (Wildman–Crippen LogP) is 2.01. The molecule has 0 bridgehead atoms. The molecule has 2 heterocycles. The van der Waals surface area contributed by atoms with Gasteiger partial charge in [-0.05, 0) is 31.6 Å². The highest BCUT2D eigenvalue weighted by Gasteiger charge is 2.34. The zero-order valence-electron chi connectivity index (χ0n) is 13.7. The number of ether oxygens (including phenoxy) is 1. The van der Waals surface area contributed by atoms with Crippen molar-refractivity contribution in [2.45, 2.75) is 58.1 Å². The summed E-state index contributed by atoms with van der Waals surface area (Å²) in [5, 5.41) is 2.97. The summed E-state index contributed by atoms with van der Waals surface area (Å²) < 4.78 is 5.56. The fraction of sp³-hybridized carbons (Fsp3) is 0.875. The van der Waals surface area contributed by atoms with E-state index >= 15 is 0 Å². The van der Waals surface area contributed by atoms with Crippen molar-refractivity contribution in [2.75, 3.05) is 24.8 Å². The van der Waals surface area contributed by atoms with Crippen LogP contribution in [-0.2, 0) is 14.3 Å². The molecule has 0 aromatic heterocycles. The van der Waals surface area contributed by atoms with Gasteiger partial charge in [-0.1, -0.05) is 13.8 Å². The molecule has 5 nitrogen and oxygen atoms in total. The van der Waals surface area contributed by atoms with Crippen LogP contribution in [0.3, 0.4) is 0 Å². The molecule has 2 amide bonds. The quantitative estimate of drug-likeness (QED) is 0.777. The van der Waals surface area contributed by atoms with E-state index in [9.17, 15) is 9.59 Å². The van der Waals surface area contributed by atoms with Crippen molar-refractivity contribution in [3.63, 3.8) is 0 Å². The lowest BCUT2D eigenvalue weighted by molar-refractivity contribution is -0.138. The standard InChI is InChI=1S/C16H28N2O3S/c1-12(2)7-8-17-16(20)14-10-22-11-18(14)15(19)6-5-13-4-3-9-21-13/h12-14H,3-11H2,1-2H3,(H,17,20)/t13-,14+/m1/s1. The monoisotopic (exact) mass is 328 g/mol. The van der Waals surface area contributed by atoms with Crippen LogP contribution in [-0.4, -0.2) is 53.6 Å². The topological polar surface area (TPSA) is 58.6 Å². The molecule has 6 heteroatoms. The Hall–Kier alpha value is -0.750. The van der Waals surface area contributed by atoms with Crippen LogP contribution in [0.15, 0.2) is 0 Å². The van der Waals surface area contributed by atoms with Crippen LogP contribution < -0.4 is 5.32 Å². The number of amides is 2. The van der Waals surface area contributed by atoms with E-state index in [-0.39, 0.29) is 24.0 Å². The van der Waals surface area contributed by atoms with Gasteiger partial charge in [-0.15, -0.1) is 11.8 Å². The van der Waals surface area contributed by atoms with Crippen molar-refractivity contribution in [3.8, 4) is 0 Å². The van der Waals surface area contributed by atoms with E-state index in [1.165, 1.54) is 0 Å². The smallest absolute Gasteiger partial charge is 0.243 e. The first-order valence-corrected chi connectivity index (χ1v) is 9.50. The Morgan fingerprint density at radius 3 is 2.91 bits per heavy atom.